The molecule has 3 aromatic rings. The maximum absolute atomic E-state index is 4.72. The van der Waals surface area contributed by atoms with Crippen molar-refractivity contribution in [1.29, 1.82) is 0 Å². The van der Waals surface area contributed by atoms with Crippen molar-refractivity contribution >= 4 is 42.2 Å². The third kappa shape index (κ3) is 5.95. The quantitative estimate of drug-likeness (QED) is 0.389. The molecule has 2 heterocycles. The number of aromatic nitrogens is 3. The third-order valence-electron chi connectivity index (χ3n) is 5.72. The van der Waals surface area contributed by atoms with Crippen LogP contribution in [0.5, 0.6) is 0 Å². The highest BCUT2D eigenvalue weighted by Gasteiger charge is 2.20. The number of halogens is 1. The van der Waals surface area contributed by atoms with Crippen LogP contribution in [0.25, 0.3) is 0 Å². The van der Waals surface area contributed by atoms with E-state index in [0.717, 1.165) is 43.1 Å². The molecular formula is C24H30ClN7. The first-order chi connectivity index (χ1) is 15.1. The minimum Gasteiger partial charge on any atom is -0.341 e. The second-order valence-corrected chi connectivity index (χ2v) is 8.11. The average molecular weight is 452 g/mol. The van der Waals surface area contributed by atoms with Gasteiger partial charge >= 0.3 is 0 Å². The standard InChI is InChI=1S/C24H29N7.ClH/c1-17-12-14-31(15-13-17)24-28-22(26-21-11-7-8-18(2)19(21)3)27-23(29-24)30-25-16-20-9-5-4-6-10-20;/h4-11,16-17H,12-15H2,1-3H3,(H2,26,27,28,29,30);1H. The summed E-state index contributed by atoms with van der Waals surface area (Å²) < 4.78 is 0. The molecule has 0 aliphatic carbocycles. The number of hydrogen-bond donors (Lipinski definition) is 2. The second-order valence-electron chi connectivity index (χ2n) is 8.11. The van der Waals surface area contributed by atoms with Gasteiger partial charge in [-0.15, -0.1) is 12.4 Å². The van der Waals surface area contributed by atoms with Crippen molar-refractivity contribution in [2.75, 3.05) is 28.7 Å². The molecule has 0 amide bonds. The second kappa shape index (κ2) is 10.9. The number of hydrogen-bond acceptors (Lipinski definition) is 7. The summed E-state index contributed by atoms with van der Waals surface area (Å²) in [6.07, 6.45) is 4.03. The van der Waals surface area contributed by atoms with Gasteiger partial charge in [0.1, 0.15) is 0 Å². The zero-order valence-corrected chi connectivity index (χ0v) is 19.6. The number of aryl methyl sites for hydroxylation is 1. The van der Waals surface area contributed by atoms with Crippen LogP contribution in [0.15, 0.2) is 53.6 Å². The Kier molecular flexibility index (Phi) is 8.00. The predicted octanol–water partition coefficient (Wildman–Crippen LogP) is 5.34. The van der Waals surface area contributed by atoms with Crippen LogP contribution >= 0.6 is 12.4 Å². The molecular weight excluding hydrogens is 422 g/mol. The molecule has 0 saturated carbocycles. The molecule has 8 heteroatoms. The van der Waals surface area contributed by atoms with Gasteiger partial charge in [0.25, 0.3) is 0 Å². The van der Waals surface area contributed by atoms with E-state index in [-0.39, 0.29) is 12.4 Å². The van der Waals surface area contributed by atoms with E-state index in [4.69, 9.17) is 4.98 Å². The molecule has 7 nitrogen and oxygen atoms in total. The van der Waals surface area contributed by atoms with Crippen LogP contribution in [-0.2, 0) is 0 Å². The Balaban J connectivity index is 0.00000289. The summed E-state index contributed by atoms with van der Waals surface area (Å²) in [5, 5.41) is 7.68. The van der Waals surface area contributed by atoms with Crippen molar-refractivity contribution in [1.82, 2.24) is 15.0 Å². The van der Waals surface area contributed by atoms with Gasteiger partial charge in [-0.1, -0.05) is 49.4 Å². The van der Waals surface area contributed by atoms with E-state index in [1.165, 1.54) is 11.1 Å². The van der Waals surface area contributed by atoms with E-state index in [1.807, 2.05) is 42.5 Å². The molecule has 0 spiro atoms. The number of nitrogens with one attached hydrogen (secondary N) is 2. The van der Waals surface area contributed by atoms with Gasteiger partial charge in [0, 0.05) is 18.8 Å². The zero-order chi connectivity index (χ0) is 21.6. The smallest absolute Gasteiger partial charge is 0.250 e. The third-order valence-corrected chi connectivity index (χ3v) is 5.72. The zero-order valence-electron chi connectivity index (χ0n) is 18.7. The molecule has 2 N–H and O–H groups in total. The van der Waals surface area contributed by atoms with E-state index < -0.39 is 0 Å². The summed E-state index contributed by atoms with van der Waals surface area (Å²) in [6.45, 7) is 8.37. The monoisotopic (exact) mass is 451 g/mol. The van der Waals surface area contributed by atoms with Gasteiger partial charge in [0.15, 0.2) is 0 Å². The highest BCUT2D eigenvalue weighted by atomic mass is 35.5. The summed E-state index contributed by atoms with van der Waals surface area (Å²) >= 11 is 0. The van der Waals surface area contributed by atoms with Crippen LogP contribution in [0.1, 0.15) is 36.5 Å². The lowest BCUT2D eigenvalue weighted by Gasteiger charge is -2.30. The number of hydrazone groups is 1. The summed E-state index contributed by atoms with van der Waals surface area (Å²) in [7, 11) is 0. The molecule has 168 valence electrons. The maximum atomic E-state index is 4.72. The Bertz CT molecular complexity index is 1050. The van der Waals surface area contributed by atoms with Gasteiger partial charge < -0.3 is 10.2 Å². The molecule has 0 bridgehead atoms. The molecule has 1 aliphatic rings. The molecule has 1 fully saturated rings. The molecule has 32 heavy (non-hydrogen) atoms. The summed E-state index contributed by atoms with van der Waals surface area (Å²) in [5.74, 6) is 2.34. The van der Waals surface area contributed by atoms with Crippen LogP contribution in [-0.4, -0.2) is 34.3 Å². The molecule has 0 atom stereocenters. The van der Waals surface area contributed by atoms with Crippen LogP contribution in [0.2, 0.25) is 0 Å². The van der Waals surface area contributed by atoms with E-state index in [0.29, 0.717) is 17.8 Å². The first-order valence-corrected chi connectivity index (χ1v) is 10.8. The first-order valence-electron chi connectivity index (χ1n) is 10.8. The van der Waals surface area contributed by atoms with Gasteiger partial charge in [-0.25, -0.2) is 5.43 Å². The number of nitrogens with zero attached hydrogens (tertiary/aromatic N) is 5. The molecule has 1 aromatic heterocycles. The van der Waals surface area contributed by atoms with Crippen LogP contribution in [0, 0.1) is 19.8 Å². The van der Waals surface area contributed by atoms with Crippen molar-refractivity contribution in [3.63, 3.8) is 0 Å². The molecule has 0 radical (unpaired) electrons. The van der Waals surface area contributed by atoms with Crippen molar-refractivity contribution in [3.05, 3.63) is 65.2 Å². The Morgan fingerprint density at radius 2 is 1.66 bits per heavy atom. The fourth-order valence-electron chi connectivity index (χ4n) is 3.53. The van der Waals surface area contributed by atoms with Gasteiger partial charge in [0.2, 0.25) is 17.8 Å². The van der Waals surface area contributed by atoms with Crippen molar-refractivity contribution in [2.24, 2.45) is 11.0 Å². The number of anilines is 4. The highest BCUT2D eigenvalue weighted by Crippen LogP contribution is 2.25. The molecule has 4 rings (SSSR count). The SMILES string of the molecule is Cc1cccc(Nc2nc(NN=Cc3ccccc3)nc(N3CCC(C)CC3)n2)c1C.Cl. The Hall–Kier alpha value is -3.19. The lowest BCUT2D eigenvalue weighted by molar-refractivity contribution is 0.434. The van der Waals surface area contributed by atoms with Gasteiger partial charge in [-0.3, -0.25) is 0 Å². The normalized spacial score (nSPS) is 14.3. The number of piperidine rings is 1. The van der Waals surface area contributed by atoms with Crippen molar-refractivity contribution in [3.8, 4) is 0 Å². The number of benzene rings is 2. The molecule has 2 aromatic carbocycles. The van der Waals surface area contributed by atoms with Crippen LogP contribution in [0.4, 0.5) is 23.5 Å². The van der Waals surface area contributed by atoms with Gasteiger partial charge in [0.05, 0.1) is 6.21 Å². The maximum Gasteiger partial charge on any atom is 0.250 e. The Morgan fingerprint density at radius 1 is 0.938 bits per heavy atom. The van der Waals surface area contributed by atoms with E-state index in [2.05, 4.69) is 57.5 Å². The summed E-state index contributed by atoms with van der Waals surface area (Å²) in [4.78, 5) is 16.1. The number of rotatable bonds is 6. The lowest BCUT2D eigenvalue weighted by Crippen LogP contribution is -2.34. The van der Waals surface area contributed by atoms with E-state index in [1.54, 1.807) is 6.21 Å². The van der Waals surface area contributed by atoms with Crippen LogP contribution < -0.4 is 15.6 Å². The summed E-state index contributed by atoms with van der Waals surface area (Å²) in [5.41, 5.74) is 7.36. The molecule has 1 saturated heterocycles. The fraction of sp³-hybridized carbons (Fsp3) is 0.333. The fourth-order valence-corrected chi connectivity index (χ4v) is 3.53. The minimum atomic E-state index is 0. The topological polar surface area (TPSA) is 78.3 Å². The molecule has 0 unspecified atom stereocenters. The summed E-state index contributed by atoms with van der Waals surface area (Å²) in [6, 6.07) is 16.1. The van der Waals surface area contributed by atoms with Gasteiger partial charge in [-0.05, 0) is 55.4 Å². The first kappa shape index (κ1) is 23.5. The van der Waals surface area contributed by atoms with Crippen molar-refractivity contribution in [2.45, 2.75) is 33.6 Å². The predicted molar refractivity (Wildman–Crippen MR) is 135 cm³/mol. The minimum absolute atomic E-state index is 0. The van der Waals surface area contributed by atoms with E-state index >= 15 is 0 Å². The van der Waals surface area contributed by atoms with Crippen LogP contribution in [0.3, 0.4) is 0 Å². The average Bonchev–Trinajstić information content (AvgIpc) is 2.78. The highest BCUT2D eigenvalue weighted by molar-refractivity contribution is 5.85. The Labute approximate surface area is 195 Å². The Morgan fingerprint density at radius 3 is 2.41 bits per heavy atom. The van der Waals surface area contributed by atoms with Crippen molar-refractivity contribution < 1.29 is 0 Å². The molecule has 1 aliphatic heterocycles. The lowest BCUT2D eigenvalue weighted by atomic mass is 10.00. The largest absolute Gasteiger partial charge is 0.341 e. The van der Waals surface area contributed by atoms with Gasteiger partial charge in [-0.2, -0.15) is 20.1 Å². The van der Waals surface area contributed by atoms with E-state index in [9.17, 15) is 0 Å².